The molecule has 1 aliphatic carbocycles. The van der Waals surface area contributed by atoms with Crippen molar-refractivity contribution in [2.24, 2.45) is 10.9 Å². The molecule has 1 aromatic carbocycles. The molecule has 136 valence electrons. The Kier molecular flexibility index (Phi) is 3.74. The van der Waals surface area contributed by atoms with Gasteiger partial charge in [-0.1, -0.05) is 25.3 Å². The molecule has 1 fully saturated rings. The minimum atomic E-state index is -0.218. The van der Waals surface area contributed by atoms with Crippen LogP contribution in [0.1, 0.15) is 48.0 Å². The van der Waals surface area contributed by atoms with Crippen LogP contribution in [-0.2, 0) is 6.54 Å². The summed E-state index contributed by atoms with van der Waals surface area (Å²) in [7, 11) is 0. The first kappa shape index (κ1) is 16.1. The predicted molar refractivity (Wildman–Crippen MR) is 102 cm³/mol. The summed E-state index contributed by atoms with van der Waals surface area (Å²) in [6.07, 6.45) is 9.28. The number of rotatable bonds is 3. The lowest BCUT2D eigenvalue weighted by Gasteiger charge is -2.21. The Labute approximate surface area is 155 Å². The number of benzene rings is 1. The molecule has 7 heteroatoms. The lowest BCUT2D eigenvalue weighted by molar-refractivity contribution is 0.101. The topological polar surface area (TPSA) is 93.0 Å². The number of imidazole rings is 1. The van der Waals surface area contributed by atoms with Gasteiger partial charge in [0, 0.05) is 23.9 Å². The third kappa shape index (κ3) is 2.79. The Bertz CT molecular complexity index is 1130. The number of aromatic nitrogens is 4. The molecule has 1 N–H and O–H groups in total. The first-order valence-electron chi connectivity index (χ1n) is 9.37. The molecular formula is C20H19N5O2. The van der Waals surface area contributed by atoms with Crippen LogP contribution in [0.15, 0.2) is 34.2 Å². The highest BCUT2D eigenvalue weighted by Crippen LogP contribution is 2.26. The van der Waals surface area contributed by atoms with E-state index in [9.17, 15) is 9.59 Å². The predicted octanol–water partition coefficient (Wildman–Crippen LogP) is 2.94. The number of H-pyrrole nitrogens is 1. The first-order valence-corrected chi connectivity index (χ1v) is 9.37. The number of aromatic amines is 1. The number of fused-ring (bicyclic) bond motifs is 2. The average Bonchev–Trinajstić information content (AvgIpc) is 3.22. The third-order valence-electron chi connectivity index (χ3n) is 5.54. The standard InChI is InChI=1S/C20H19N5O2/c26-19-15-7-6-13(8-14(15)9-22-19)16-10-21-17-18(23-16)25(20(27)24-17)11-12-4-2-1-3-5-12/h6-10,12H,1-5,11H2,(H,21,24,27). The van der Waals surface area contributed by atoms with E-state index in [2.05, 4.69) is 15.0 Å². The second-order valence-corrected chi connectivity index (χ2v) is 7.34. The SMILES string of the molecule is O=C1N=Cc2cc(-c3cnc4[nH]c(=O)n(CC5CCCCC5)c4n3)ccc21. The molecule has 1 amide bonds. The van der Waals surface area contributed by atoms with Gasteiger partial charge in [0.15, 0.2) is 11.3 Å². The minimum absolute atomic E-state index is 0.153. The molecule has 1 aliphatic heterocycles. The van der Waals surface area contributed by atoms with Crippen LogP contribution in [0.3, 0.4) is 0 Å². The zero-order valence-corrected chi connectivity index (χ0v) is 14.8. The van der Waals surface area contributed by atoms with Crippen molar-refractivity contribution in [3.63, 3.8) is 0 Å². The highest BCUT2D eigenvalue weighted by molar-refractivity contribution is 6.13. The minimum Gasteiger partial charge on any atom is -0.289 e. The Balaban J connectivity index is 1.55. The second-order valence-electron chi connectivity index (χ2n) is 7.34. The number of carbonyl (C=O) groups is 1. The van der Waals surface area contributed by atoms with Gasteiger partial charge >= 0.3 is 5.69 Å². The molecule has 0 spiro atoms. The van der Waals surface area contributed by atoms with E-state index >= 15 is 0 Å². The monoisotopic (exact) mass is 361 g/mol. The van der Waals surface area contributed by atoms with Crippen molar-refractivity contribution >= 4 is 23.4 Å². The summed E-state index contributed by atoms with van der Waals surface area (Å²) in [5, 5.41) is 0. The van der Waals surface area contributed by atoms with Gasteiger partial charge in [-0.25, -0.2) is 19.8 Å². The third-order valence-corrected chi connectivity index (χ3v) is 5.54. The Morgan fingerprint density at radius 2 is 2.00 bits per heavy atom. The molecule has 2 aliphatic rings. The highest BCUT2D eigenvalue weighted by Gasteiger charge is 2.19. The van der Waals surface area contributed by atoms with Crippen LogP contribution < -0.4 is 5.69 Å². The van der Waals surface area contributed by atoms with E-state index in [4.69, 9.17) is 4.98 Å². The number of aliphatic imine (C=N–C) groups is 1. The van der Waals surface area contributed by atoms with Crippen LogP contribution in [0.4, 0.5) is 0 Å². The van der Waals surface area contributed by atoms with Crippen LogP contribution in [0.25, 0.3) is 22.6 Å². The van der Waals surface area contributed by atoms with Gasteiger partial charge in [0.2, 0.25) is 0 Å². The number of carbonyl (C=O) groups excluding carboxylic acids is 1. The summed E-state index contributed by atoms with van der Waals surface area (Å²) in [6, 6.07) is 5.49. The first-order chi connectivity index (χ1) is 13.2. The van der Waals surface area contributed by atoms with Gasteiger partial charge in [-0.2, -0.15) is 0 Å². The molecule has 3 heterocycles. The van der Waals surface area contributed by atoms with Gasteiger partial charge in [-0.05, 0) is 30.9 Å². The lowest BCUT2D eigenvalue weighted by Crippen LogP contribution is -2.23. The van der Waals surface area contributed by atoms with Crippen molar-refractivity contribution in [1.29, 1.82) is 0 Å². The van der Waals surface area contributed by atoms with E-state index in [1.54, 1.807) is 23.0 Å². The average molecular weight is 361 g/mol. The summed E-state index contributed by atoms with van der Waals surface area (Å²) in [4.78, 5) is 39.8. The molecule has 3 aromatic rings. The van der Waals surface area contributed by atoms with Crippen LogP contribution in [0.5, 0.6) is 0 Å². The Morgan fingerprint density at radius 1 is 1.15 bits per heavy atom. The molecule has 27 heavy (non-hydrogen) atoms. The molecule has 0 atom stereocenters. The summed E-state index contributed by atoms with van der Waals surface area (Å²) in [5.41, 5.74) is 3.86. The number of hydrogen-bond donors (Lipinski definition) is 1. The second kappa shape index (κ2) is 6.26. The zero-order valence-electron chi connectivity index (χ0n) is 14.8. The van der Waals surface area contributed by atoms with Crippen LogP contribution >= 0.6 is 0 Å². The Morgan fingerprint density at radius 3 is 2.85 bits per heavy atom. The van der Waals surface area contributed by atoms with Gasteiger partial charge in [0.1, 0.15) is 0 Å². The maximum Gasteiger partial charge on any atom is 0.328 e. The fourth-order valence-corrected chi connectivity index (χ4v) is 4.08. The van der Waals surface area contributed by atoms with Crippen LogP contribution in [0, 0.1) is 5.92 Å². The van der Waals surface area contributed by atoms with Gasteiger partial charge in [0.05, 0.1) is 17.5 Å². The summed E-state index contributed by atoms with van der Waals surface area (Å²) >= 11 is 0. The fraction of sp³-hybridized carbons (Fsp3) is 0.350. The molecule has 2 aromatic heterocycles. The van der Waals surface area contributed by atoms with Gasteiger partial charge in [0.25, 0.3) is 5.91 Å². The maximum atomic E-state index is 12.4. The lowest BCUT2D eigenvalue weighted by atomic mass is 9.89. The van der Waals surface area contributed by atoms with Gasteiger partial charge in [-0.15, -0.1) is 0 Å². The van der Waals surface area contributed by atoms with Crippen molar-refractivity contribution in [1.82, 2.24) is 19.5 Å². The smallest absolute Gasteiger partial charge is 0.289 e. The van der Waals surface area contributed by atoms with Crippen molar-refractivity contribution < 1.29 is 4.79 Å². The van der Waals surface area contributed by atoms with Crippen LogP contribution in [-0.4, -0.2) is 31.6 Å². The summed E-state index contributed by atoms with van der Waals surface area (Å²) in [5.74, 6) is 0.299. The van der Waals surface area contributed by atoms with E-state index < -0.39 is 0 Å². The fourth-order valence-electron chi connectivity index (χ4n) is 4.08. The number of amides is 1. The maximum absolute atomic E-state index is 12.4. The van der Waals surface area contributed by atoms with E-state index in [1.807, 2.05) is 12.1 Å². The zero-order chi connectivity index (χ0) is 18.4. The number of nitrogens with zero attached hydrogens (tertiary/aromatic N) is 4. The molecule has 0 bridgehead atoms. The van der Waals surface area contributed by atoms with Crippen molar-refractivity contribution in [2.45, 2.75) is 38.6 Å². The molecule has 5 rings (SSSR count). The van der Waals surface area contributed by atoms with E-state index in [0.717, 1.165) is 24.0 Å². The number of nitrogens with one attached hydrogen (secondary N) is 1. The molecule has 1 saturated carbocycles. The van der Waals surface area contributed by atoms with Crippen molar-refractivity contribution in [3.05, 3.63) is 46.0 Å². The molecule has 7 nitrogen and oxygen atoms in total. The molecule has 0 unspecified atom stereocenters. The Hall–Kier alpha value is -3.09. The van der Waals surface area contributed by atoms with Crippen molar-refractivity contribution in [3.8, 4) is 11.3 Å². The van der Waals surface area contributed by atoms with Gasteiger partial charge < -0.3 is 0 Å². The largest absolute Gasteiger partial charge is 0.328 e. The number of hydrogen-bond acceptors (Lipinski definition) is 4. The highest BCUT2D eigenvalue weighted by atomic mass is 16.1. The summed E-state index contributed by atoms with van der Waals surface area (Å²) < 4.78 is 1.72. The van der Waals surface area contributed by atoms with Crippen LogP contribution in [0.2, 0.25) is 0 Å². The van der Waals surface area contributed by atoms with E-state index in [1.165, 1.54) is 19.3 Å². The summed E-state index contributed by atoms with van der Waals surface area (Å²) in [6.45, 7) is 0.683. The van der Waals surface area contributed by atoms with E-state index in [0.29, 0.717) is 35.0 Å². The molecule has 0 radical (unpaired) electrons. The normalized spacial score (nSPS) is 17.0. The van der Waals surface area contributed by atoms with E-state index in [-0.39, 0.29) is 11.6 Å². The van der Waals surface area contributed by atoms with Crippen molar-refractivity contribution in [2.75, 3.05) is 0 Å². The quantitative estimate of drug-likeness (QED) is 0.776. The molecule has 0 saturated heterocycles. The van der Waals surface area contributed by atoms with Gasteiger partial charge in [-0.3, -0.25) is 14.3 Å². The molecular weight excluding hydrogens is 342 g/mol.